The van der Waals surface area contributed by atoms with Gasteiger partial charge in [-0.15, -0.1) is 11.8 Å². The lowest BCUT2D eigenvalue weighted by Gasteiger charge is -2.08. The van der Waals surface area contributed by atoms with Gasteiger partial charge in [0.05, 0.1) is 6.67 Å². The standard InChI is InChI=1S/C14H22FNS/c1-12(2)10-16-11-13-5-3-6-14(9-13)17-8-4-7-15/h3,5-6,9,12,16H,4,7-8,10-11H2,1-2H3. The largest absolute Gasteiger partial charge is 0.312 e. The Kier molecular flexibility index (Phi) is 7.29. The fraction of sp³-hybridized carbons (Fsp3) is 0.571. The van der Waals surface area contributed by atoms with Gasteiger partial charge >= 0.3 is 0 Å². The second kappa shape index (κ2) is 8.54. The van der Waals surface area contributed by atoms with Crippen molar-refractivity contribution in [3.63, 3.8) is 0 Å². The SMILES string of the molecule is CC(C)CNCc1cccc(SCCCF)c1. The van der Waals surface area contributed by atoms with Crippen molar-refractivity contribution < 1.29 is 4.39 Å². The Morgan fingerprint density at radius 2 is 2.18 bits per heavy atom. The molecule has 0 amide bonds. The van der Waals surface area contributed by atoms with Crippen molar-refractivity contribution in [2.24, 2.45) is 5.92 Å². The monoisotopic (exact) mass is 255 g/mol. The second-order valence-corrected chi connectivity index (χ2v) is 5.73. The molecule has 0 spiro atoms. The summed E-state index contributed by atoms with van der Waals surface area (Å²) in [6.07, 6.45) is 0.639. The highest BCUT2D eigenvalue weighted by atomic mass is 32.2. The van der Waals surface area contributed by atoms with Crippen LogP contribution in [0.2, 0.25) is 0 Å². The first-order valence-corrected chi connectivity index (χ1v) is 7.19. The summed E-state index contributed by atoms with van der Waals surface area (Å²) >= 11 is 1.73. The minimum atomic E-state index is -0.220. The van der Waals surface area contributed by atoms with E-state index in [9.17, 15) is 4.39 Å². The average Bonchev–Trinajstić information content (AvgIpc) is 2.29. The molecule has 0 radical (unpaired) electrons. The van der Waals surface area contributed by atoms with Gasteiger partial charge in [-0.05, 0) is 36.6 Å². The predicted octanol–water partition coefficient (Wildman–Crippen LogP) is 3.88. The molecule has 0 aliphatic rings. The third-order valence-electron chi connectivity index (χ3n) is 2.33. The molecule has 96 valence electrons. The zero-order valence-corrected chi connectivity index (χ0v) is 11.5. The Labute approximate surface area is 108 Å². The minimum Gasteiger partial charge on any atom is -0.312 e. The number of alkyl halides is 1. The van der Waals surface area contributed by atoms with Crippen LogP contribution in [0.15, 0.2) is 29.2 Å². The number of halogens is 1. The van der Waals surface area contributed by atoms with E-state index < -0.39 is 0 Å². The van der Waals surface area contributed by atoms with Crippen LogP contribution in [-0.4, -0.2) is 19.0 Å². The molecule has 0 saturated carbocycles. The molecule has 0 saturated heterocycles. The van der Waals surface area contributed by atoms with E-state index in [1.807, 2.05) is 0 Å². The molecule has 1 aromatic carbocycles. The fourth-order valence-electron chi connectivity index (χ4n) is 1.49. The molecule has 0 bridgehead atoms. The molecule has 0 unspecified atom stereocenters. The van der Waals surface area contributed by atoms with Crippen LogP contribution >= 0.6 is 11.8 Å². The zero-order chi connectivity index (χ0) is 12.5. The van der Waals surface area contributed by atoms with Crippen LogP contribution in [0, 0.1) is 5.92 Å². The Hall–Kier alpha value is -0.540. The van der Waals surface area contributed by atoms with Gasteiger partial charge in [0, 0.05) is 17.2 Å². The normalized spacial score (nSPS) is 11.1. The van der Waals surface area contributed by atoms with Gasteiger partial charge in [0.25, 0.3) is 0 Å². The van der Waals surface area contributed by atoms with Gasteiger partial charge in [-0.2, -0.15) is 0 Å². The third kappa shape index (κ3) is 6.69. The number of rotatable bonds is 8. The van der Waals surface area contributed by atoms with Crippen LogP contribution in [0.5, 0.6) is 0 Å². The van der Waals surface area contributed by atoms with Crippen LogP contribution in [0.25, 0.3) is 0 Å². The maximum absolute atomic E-state index is 12.0. The van der Waals surface area contributed by atoms with E-state index in [2.05, 4.69) is 43.4 Å². The Bertz CT molecular complexity index is 315. The summed E-state index contributed by atoms with van der Waals surface area (Å²) in [7, 11) is 0. The fourth-order valence-corrected chi connectivity index (χ4v) is 2.39. The molecule has 1 nitrogen and oxygen atoms in total. The molecule has 0 aromatic heterocycles. The van der Waals surface area contributed by atoms with Crippen molar-refractivity contribution in [3.05, 3.63) is 29.8 Å². The minimum absolute atomic E-state index is 0.220. The first-order valence-electron chi connectivity index (χ1n) is 6.21. The van der Waals surface area contributed by atoms with Crippen LogP contribution in [0.4, 0.5) is 4.39 Å². The molecule has 0 atom stereocenters. The quantitative estimate of drug-likeness (QED) is 0.559. The van der Waals surface area contributed by atoms with E-state index in [4.69, 9.17) is 0 Å². The molecule has 1 rings (SSSR count). The summed E-state index contributed by atoms with van der Waals surface area (Å²) in [4.78, 5) is 1.24. The lowest BCUT2D eigenvalue weighted by molar-refractivity contribution is 0.489. The summed E-state index contributed by atoms with van der Waals surface area (Å²) < 4.78 is 12.0. The lowest BCUT2D eigenvalue weighted by Crippen LogP contribution is -2.18. The molecule has 1 N–H and O–H groups in total. The molecule has 0 aliphatic carbocycles. The van der Waals surface area contributed by atoms with E-state index in [0.29, 0.717) is 12.3 Å². The van der Waals surface area contributed by atoms with Crippen LogP contribution in [0.3, 0.4) is 0 Å². The highest BCUT2D eigenvalue weighted by Gasteiger charge is 1.98. The maximum Gasteiger partial charge on any atom is 0.0902 e. The van der Waals surface area contributed by atoms with Gasteiger partial charge in [0.2, 0.25) is 0 Å². The van der Waals surface area contributed by atoms with Crippen molar-refractivity contribution in [1.82, 2.24) is 5.32 Å². The van der Waals surface area contributed by atoms with E-state index in [1.165, 1.54) is 10.5 Å². The summed E-state index contributed by atoms with van der Waals surface area (Å²) in [5.41, 5.74) is 1.30. The topological polar surface area (TPSA) is 12.0 Å². The Morgan fingerprint density at radius 3 is 2.88 bits per heavy atom. The second-order valence-electron chi connectivity index (χ2n) is 4.56. The number of hydrogen-bond donors (Lipinski definition) is 1. The summed E-state index contributed by atoms with van der Waals surface area (Å²) in [6, 6.07) is 8.49. The molecular weight excluding hydrogens is 233 g/mol. The molecule has 0 fully saturated rings. The van der Waals surface area contributed by atoms with Crippen LogP contribution in [0.1, 0.15) is 25.8 Å². The number of thioether (sulfide) groups is 1. The molecule has 17 heavy (non-hydrogen) atoms. The van der Waals surface area contributed by atoms with E-state index in [1.54, 1.807) is 11.8 Å². The number of nitrogens with one attached hydrogen (secondary N) is 1. The highest BCUT2D eigenvalue weighted by molar-refractivity contribution is 7.99. The lowest BCUT2D eigenvalue weighted by atomic mass is 10.2. The first kappa shape index (κ1) is 14.5. The van der Waals surface area contributed by atoms with E-state index in [0.717, 1.165) is 18.8 Å². The smallest absolute Gasteiger partial charge is 0.0902 e. The molecule has 3 heteroatoms. The number of benzene rings is 1. The van der Waals surface area contributed by atoms with Crippen molar-refractivity contribution in [2.45, 2.75) is 31.7 Å². The van der Waals surface area contributed by atoms with Crippen molar-refractivity contribution in [2.75, 3.05) is 19.0 Å². The Morgan fingerprint density at radius 1 is 1.35 bits per heavy atom. The van der Waals surface area contributed by atoms with Crippen LogP contribution < -0.4 is 5.32 Å². The van der Waals surface area contributed by atoms with E-state index in [-0.39, 0.29) is 6.67 Å². The van der Waals surface area contributed by atoms with Crippen molar-refractivity contribution in [3.8, 4) is 0 Å². The van der Waals surface area contributed by atoms with Gasteiger partial charge < -0.3 is 5.32 Å². The first-order chi connectivity index (χ1) is 8.22. The average molecular weight is 255 g/mol. The summed E-state index contributed by atoms with van der Waals surface area (Å²) in [6.45, 7) is 6.14. The molecule has 0 heterocycles. The molecule has 0 aliphatic heterocycles. The van der Waals surface area contributed by atoms with Crippen LogP contribution in [-0.2, 0) is 6.54 Å². The molecular formula is C14H22FNS. The molecule has 1 aromatic rings. The maximum atomic E-state index is 12.0. The zero-order valence-electron chi connectivity index (χ0n) is 10.7. The van der Waals surface area contributed by atoms with Gasteiger partial charge in [-0.1, -0.05) is 26.0 Å². The van der Waals surface area contributed by atoms with Gasteiger partial charge in [0.15, 0.2) is 0 Å². The van der Waals surface area contributed by atoms with E-state index >= 15 is 0 Å². The summed E-state index contributed by atoms with van der Waals surface area (Å²) in [5.74, 6) is 1.54. The summed E-state index contributed by atoms with van der Waals surface area (Å²) in [5, 5.41) is 3.43. The predicted molar refractivity (Wildman–Crippen MR) is 74.3 cm³/mol. The number of hydrogen-bond acceptors (Lipinski definition) is 2. The Balaban J connectivity index is 2.37. The van der Waals surface area contributed by atoms with Gasteiger partial charge in [-0.25, -0.2) is 0 Å². The van der Waals surface area contributed by atoms with Gasteiger partial charge in [0.1, 0.15) is 0 Å². The van der Waals surface area contributed by atoms with Crippen molar-refractivity contribution >= 4 is 11.8 Å². The third-order valence-corrected chi connectivity index (χ3v) is 3.41. The van der Waals surface area contributed by atoms with Crippen molar-refractivity contribution in [1.29, 1.82) is 0 Å². The van der Waals surface area contributed by atoms with Gasteiger partial charge in [-0.3, -0.25) is 4.39 Å². The highest BCUT2D eigenvalue weighted by Crippen LogP contribution is 2.19.